The number of aryl methyl sites for hydroxylation is 2. The lowest BCUT2D eigenvalue weighted by Crippen LogP contribution is -2.31. The summed E-state index contributed by atoms with van der Waals surface area (Å²) in [6.07, 6.45) is 0.803. The molecule has 0 saturated heterocycles. The van der Waals surface area contributed by atoms with E-state index in [9.17, 15) is 9.59 Å². The molecule has 0 unspecified atom stereocenters. The topological polar surface area (TPSA) is 71.1 Å². The molecule has 0 fully saturated rings. The van der Waals surface area contributed by atoms with Crippen LogP contribution in [-0.2, 0) is 19.6 Å². The molecule has 0 saturated carbocycles. The molecule has 0 heterocycles. The minimum absolute atomic E-state index is 0.202. The van der Waals surface area contributed by atoms with Gasteiger partial charge in [-0.15, -0.1) is 9.78 Å². The lowest BCUT2D eigenvalue weighted by Gasteiger charge is -2.30. The molecule has 2 rings (SSSR count). The lowest BCUT2D eigenvalue weighted by molar-refractivity contribution is -0.381. The Kier molecular flexibility index (Phi) is 7.93. The van der Waals surface area contributed by atoms with Gasteiger partial charge in [0.2, 0.25) is 0 Å². The maximum Gasteiger partial charge on any atom is 0.373 e. The zero-order chi connectivity index (χ0) is 21.4. The molecular formula is C23H26O6. The summed E-state index contributed by atoms with van der Waals surface area (Å²) in [4.78, 5) is 44.9. The predicted molar refractivity (Wildman–Crippen MR) is 107 cm³/mol. The highest BCUT2D eigenvalue weighted by molar-refractivity contribution is 5.91. The SMILES string of the molecule is [CH2]C(CC)(CC)[C](OOC(=O)c1ccccc1C)OOC(=O)c1ccccc1C. The number of hydrogen-bond acceptors (Lipinski definition) is 6. The first-order chi connectivity index (χ1) is 13.8. The number of benzene rings is 2. The van der Waals surface area contributed by atoms with Crippen LogP contribution in [0.5, 0.6) is 0 Å². The van der Waals surface area contributed by atoms with Crippen molar-refractivity contribution in [2.45, 2.75) is 40.5 Å². The summed E-state index contributed by atoms with van der Waals surface area (Å²) in [6.45, 7) is 11.4. The van der Waals surface area contributed by atoms with Crippen molar-refractivity contribution in [3.8, 4) is 0 Å². The third kappa shape index (κ3) is 5.65. The fraction of sp³-hybridized carbons (Fsp3) is 0.304. The quantitative estimate of drug-likeness (QED) is 0.421. The van der Waals surface area contributed by atoms with Gasteiger partial charge in [-0.05, 0) is 56.9 Å². The second-order valence-electron chi connectivity index (χ2n) is 6.81. The van der Waals surface area contributed by atoms with Gasteiger partial charge in [-0.3, -0.25) is 9.78 Å². The Labute approximate surface area is 171 Å². The summed E-state index contributed by atoms with van der Waals surface area (Å²) in [5, 5.41) is 0. The van der Waals surface area contributed by atoms with Gasteiger partial charge in [-0.2, -0.15) is 0 Å². The van der Waals surface area contributed by atoms with Gasteiger partial charge in [0.25, 0.3) is 0 Å². The molecule has 29 heavy (non-hydrogen) atoms. The van der Waals surface area contributed by atoms with Crippen molar-refractivity contribution in [2.75, 3.05) is 0 Å². The molecule has 0 aliphatic carbocycles. The van der Waals surface area contributed by atoms with Gasteiger partial charge in [0.05, 0.1) is 11.1 Å². The monoisotopic (exact) mass is 398 g/mol. The average Bonchev–Trinajstić information content (AvgIpc) is 2.73. The van der Waals surface area contributed by atoms with Crippen LogP contribution in [0, 0.1) is 32.5 Å². The minimum atomic E-state index is -0.877. The standard InChI is InChI=1S/C23H26O6/c1-6-23(5,7-2)22(28-26-20(24)18-14-10-8-12-16(18)3)29-27-21(25)19-15-11-9-13-17(19)4/h8-15H,5-7H2,1-4H3. The van der Waals surface area contributed by atoms with Crippen LogP contribution in [0.2, 0.25) is 0 Å². The zero-order valence-corrected chi connectivity index (χ0v) is 17.2. The van der Waals surface area contributed by atoms with Crippen LogP contribution in [0.3, 0.4) is 0 Å². The van der Waals surface area contributed by atoms with E-state index >= 15 is 0 Å². The van der Waals surface area contributed by atoms with Crippen LogP contribution in [0.4, 0.5) is 0 Å². The summed E-state index contributed by atoms with van der Waals surface area (Å²) in [7, 11) is 0. The van der Waals surface area contributed by atoms with Crippen molar-refractivity contribution >= 4 is 11.9 Å². The predicted octanol–water partition coefficient (Wildman–Crippen LogP) is 5.31. The Hall–Kier alpha value is -2.70. The molecule has 0 atom stereocenters. The molecule has 0 aliphatic heterocycles. The first-order valence-corrected chi connectivity index (χ1v) is 9.44. The van der Waals surface area contributed by atoms with Gasteiger partial charge >= 0.3 is 18.2 Å². The van der Waals surface area contributed by atoms with Crippen LogP contribution < -0.4 is 0 Å². The molecule has 0 bridgehead atoms. The van der Waals surface area contributed by atoms with Gasteiger partial charge in [0.1, 0.15) is 0 Å². The molecule has 6 heteroatoms. The van der Waals surface area contributed by atoms with Gasteiger partial charge in [0, 0.05) is 5.41 Å². The third-order valence-corrected chi connectivity index (χ3v) is 4.90. The van der Waals surface area contributed by atoms with E-state index in [4.69, 9.17) is 19.6 Å². The van der Waals surface area contributed by atoms with Crippen LogP contribution in [0.25, 0.3) is 0 Å². The molecule has 0 aromatic heterocycles. The average molecular weight is 398 g/mol. The van der Waals surface area contributed by atoms with E-state index in [1.807, 2.05) is 26.0 Å². The fourth-order valence-corrected chi connectivity index (χ4v) is 2.57. The second kappa shape index (κ2) is 10.2. The van der Waals surface area contributed by atoms with E-state index in [2.05, 4.69) is 6.92 Å². The van der Waals surface area contributed by atoms with E-state index < -0.39 is 17.4 Å². The Balaban J connectivity index is 2.09. The third-order valence-electron chi connectivity index (χ3n) is 4.90. The van der Waals surface area contributed by atoms with Crippen LogP contribution in [-0.4, -0.2) is 11.9 Å². The number of carbonyl (C=O) groups excluding carboxylic acids is 2. The van der Waals surface area contributed by atoms with E-state index in [1.165, 1.54) is 0 Å². The Bertz CT molecular complexity index is 779. The van der Waals surface area contributed by atoms with Crippen LogP contribution >= 0.6 is 0 Å². The first kappa shape index (κ1) is 22.6. The Morgan fingerprint density at radius 2 is 1.14 bits per heavy atom. The minimum Gasteiger partial charge on any atom is -0.289 e. The highest BCUT2D eigenvalue weighted by Crippen LogP contribution is 2.38. The number of hydrogen-bond donors (Lipinski definition) is 0. The molecule has 6 nitrogen and oxygen atoms in total. The first-order valence-electron chi connectivity index (χ1n) is 9.44. The molecule has 0 N–H and O–H groups in total. The smallest absolute Gasteiger partial charge is 0.289 e. The summed E-state index contributed by atoms with van der Waals surface area (Å²) >= 11 is 0. The van der Waals surface area contributed by atoms with Crippen molar-refractivity contribution in [3.05, 3.63) is 84.0 Å². The van der Waals surface area contributed by atoms with Crippen molar-refractivity contribution < 1.29 is 29.1 Å². The molecule has 2 aromatic carbocycles. The Morgan fingerprint density at radius 1 is 0.759 bits per heavy atom. The van der Waals surface area contributed by atoms with E-state index in [1.54, 1.807) is 50.2 Å². The molecule has 0 amide bonds. The highest BCUT2D eigenvalue weighted by atomic mass is 17.3. The maximum absolute atomic E-state index is 12.3. The van der Waals surface area contributed by atoms with E-state index in [0.717, 1.165) is 11.1 Å². The van der Waals surface area contributed by atoms with Crippen LogP contribution in [0.1, 0.15) is 58.5 Å². The normalized spacial score (nSPS) is 11.4. The summed E-state index contributed by atoms with van der Waals surface area (Å²) in [5.41, 5.74) is 1.30. The van der Waals surface area contributed by atoms with E-state index in [0.29, 0.717) is 24.0 Å². The molecular weight excluding hydrogens is 372 g/mol. The molecule has 0 spiro atoms. The van der Waals surface area contributed by atoms with Gasteiger partial charge in [-0.1, -0.05) is 50.2 Å². The maximum atomic E-state index is 12.3. The molecule has 154 valence electrons. The van der Waals surface area contributed by atoms with Gasteiger partial charge < -0.3 is 0 Å². The molecule has 2 radical (unpaired) electrons. The van der Waals surface area contributed by atoms with Crippen molar-refractivity contribution in [1.82, 2.24) is 0 Å². The van der Waals surface area contributed by atoms with Crippen molar-refractivity contribution in [2.24, 2.45) is 5.41 Å². The van der Waals surface area contributed by atoms with Crippen molar-refractivity contribution in [1.29, 1.82) is 0 Å². The fourth-order valence-electron chi connectivity index (χ4n) is 2.57. The lowest BCUT2D eigenvalue weighted by atomic mass is 9.84. The summed E-state index contributed by atoms with van der Waals surface area (Å²) < 4.78 is 0. The zero-order valence-electron chi connectivity index (χ0n) is 17.2. The molecule has 2 aromatic rings. The highest BCUT2D eigenvalue weighted by Gasteiger charge is 2.40. The number of rotatable bonds is 9. The van der Waals surface area contributed by atoms with Gasteiger partial charge in [0.15, 0.2) is 0 Å². The summed E-state index contributed by atoms with van der Waals surface area (Å²) in [5.74, 6) is -1.38. The van der Waals surface area contributed by atoms with E-state index in [-0.39, 0.29) is 6.29 Å². The largest absolute Gasteiger partial charge is 0.373 e. The number of carbonyl (C=O) groups is 2. The van der Waals surface area contributed by atoms with Gasteiger partial charge in [-0.25, -0.2) is 9.59 Å². The second-order valence-corrected chi connectivity index (χ2v) is 6.81. The molecule has 0 aliphatic rings. The Morgan fingerprint density at radius 3 is 1.48 bits per heavy atom. The van der Waals surface area contributed by atoms with Crippen LogP contribution in [0.15, 0.2) is 48.5 Å². The van der Waals surface area contributed by atoms with Crippen molar-refractivity contribution in [3.63, 3.8) is 0 Å². The summed E-state index contributed by atoms with van der Waals surface area (Å²) in [6, 6.07) is 13.9.